The molecule has 200 valence electrons. The Morgan fingerprint density at radius 3 is 2.62 bits per heavy atom. The fourth-order valence-electron chi connectivity index (χ4n) is 4.06. The predicted octanol–water partition coefficient (Wildman–Crippen LogP) is 2.67. The van der Waals surface area contributed by atoms with Gasteiger partial charge in [-0.15, -0.1) is 22.0 Å². The Labute approximate surface area is 235 Å². The Hall–Kier alpha value is -3.75. The largest absolute Gasteiger partial charge is 0.477 e. The van der Waals surface area contributed by atoms with E-state index in [1.165, 1.54) is 52.0 Å². The molecule has 0 spiro atoms. The van der Waals surface area contributed by atoms with Crippen LogP contribution in [0.4, 0.5) is 0 Å². The van der Waals surface area contributed by atoms with E-state index < -0.39 is 41.3 Å². The van der Waals surface area contributed by atoms with E-state index in [1.807, 2.05) is 6.92 Å². The second-order valence-corrected chi connectivity index (χ2v) is 11.9. The van der Waals surface area contributed by atoms with Crippen LogP contribution in [0.2, 0.25) is 0 Å². The second-order valence-electron chi connectivity index (χ2n) is 8.44. The number of thioether (sulfide) groups is 2. The number of benzene rings is 1. The van der Waals surface area contributed by atoms with Crippen molar-refractivity contribution in [3.63, 3.8) is 0 Å². The molecule has 2 aromatic heterocycles. The van der Waals surface area contributed by atoms with Crippen molar-refractivity contribution in [3.8, 4) is 0 Å². The topological polar surface area (TPSA) is 152 Å². The Morgan fingerprint density at radius 2 is 1.95 bits per heavy atom. The molecule has 2 amide bonds. The number of esters is 1. The maximum atomic E-state index is 13.3. The van der Waals surface area contributed by atoms with Gasteiger partial charge in [-0.2, -0.15) is 0 Å². The smallest absolute Gasteiger partial charge is 0.358 e. The molecule has 4 heterocycles. The van der Waals surface area contributed by atoms with E-state index in [-0.39, 0.29) is 11.4 Å². The van der Waals surface area contributed by atoms with E-state index in [1.54, 1.807) is 42.5 Å². The molecule has 3 atom stereocenters. The number of carboxylic acid groups (broad SMARTS) is 1. The highest BCUT2D eigenvalue weighted by molar-refractivity contribution is 8.01. The van der Waals surface area contributed by atoms with Crippen molar-refractivity contribution < 1.29 is 29.0 Å². The zero-order valence-electron chi connectivity index (χ0n) is 20.3. The number of amides is 2. The molecule has 1 fully saturated rings. The minimum absolute atomic E-state index is 0.0327. The number of β-lactam (4-membered cyclic amide) rings is 1. The molecule has 0 saturated carbocycles. The third kappa shape index (κ3) is 5.67. The van der Waals surface area contributed by atoms with Crippen LogP contribution in [-0.4, -0.2) is 71.9 Å². The summed E-state index contributed by atoms with van der Waals surface area (Å²) in [7, 11) is 0. The Balaban J connectivity index is 1.31. The standard InChI is InChI=1S/C25H21N5O6S3/c1-13-28-29-25(39-13)38-12-15-11-37-22-17(21(32)30(22)18(15)23(33)34)27-20(31)19(14-7-3-2-4-8-14)36-24(35)16-9-5-6-10-26-16/h2-10,17,19,22H,11-12H2,1H3,(H,27,31)(H,33,34)/t17?,19?,22-/m0/s1. The predicted molar refractivity (Wildman–Crippen MR) is 144 cm³/mol. The molecule has 2 aliphatic heterocycles. The van der Waals surface area contributed by atoms with Crippen LogP contribution in [0.25, 0.3) is 0 Å². The maximum absolute atomic E-state index is 13.3. The van der Waals surface area contributed by atoms with Gasteiger partial charge in [-0.25, -0.2) is 14.6 Å². The van der Waals surface area contributed by atoms with Gasteiger partial charge in [-0.05, 0) is 24.6 Å². The number of fused-ring (bicyclic) bond motifs is 1. The van der Waals surface area contributed by atoms with Gasteiger partial charge in [0.05, 0.1) is 0 Å². The number of carboxylic acids is 1. The number of ether oxygens (including phenoxy) is 1. The van der Waals surface area contributed by atoms with Gasteiger partial charge in [0.25, 0.3) is 11.8 Å². The summed E-state index contributed by atoms with van der Waals surface area (Å²) in [5, 5.41) is 20.8. The van der Waals surface area contributed by atoms with Crippen LogP contribution in [0, 0.1) is 6.92 Å². The van der Waals surface area contributed by atoms with Gasteiger partial charge in [-0.1, -0.05) is 59.5 Å². The first kappa shape index (κ1) is 26.8. The maximum Gasteiger partial charge on any atom is 0.358 e. The monoisotopic (exact) mass is 583 g/mol. The second kappa shape index (κ2) is 11.6. The minimum Gasteiger partial charge on any atom is -0.477 e. The lowest BCUT2D eigenvalue weighted by molar-refractivity contribution is -0.151. The quantitative estimate of drug-likeness (QED) is 0.217. The number of nitrogens with zero attached hydrogens (tertiary/aromatic N) is 4. The van der Waals surface area contributed by atoms with E-state index in [2.05, 4.69) is 20.5 Å². The Bertz CT molecular complexity index is 1450. The number of nitrogens with one attached hydrogen (secondary N) is 1. The summed E-state index contributed by atoms with van der Waals surface area (Å²) in [5.41, 5.74) is 0.956. The lowest BCUT2D eigenvalue weighted by Gasteiger charge is -2.49. The van der Waals surface area contributed by atoms with Crippen molar-refractivity contribution in [2.75, 3.05) is 11.5 Å². The molecule has 3 aromatic rings. The number of rotatable bonds is 9. The minimum atomic E-state index is -1.34. The van der Waals surface area contributed by atoms with E-state index in [0.29, 0.717) is 27.0 Å². The highest BCUT2D eigenvalue weighted by atomic mass is 32.2. The fourth-order valence-corrected chi connectivity index (χ4v) is 7.36. The zero-order valence-corrected chi connectivity index (χ0v) is 22.8. The summed E-state index contributed by atoms with van der Waals surface area (Å²) >= 11 is 4.13. The summed E-state index contributed by atoms with van der Waals surface area (Å²) in [6, 6.07) is 12.2. The van der Waals surface area contributed by atoms with Crippen LogP contribution in [-0.2, 0) is 19.1 Å². The third-order valence-corrected chi connectivity index (χ3v) is 9.26. The molecule has 2 aliphatic rings. The van der Waals surface area contributed by atoms with Crippen LogP contribution >= 0.6 is 34.9 Å². The molecular weight excluding hydrogens is 563 g/mol. The van der Waals surface area contributed by atoms with Crippen LogP contribution in [0.3, 0.4) is 0 Å². The van der Waals surface area contributed by atoms with E-state index in [4.69, 9.17) is 4.74 Å². The molecule has 11 nitrogen and oxygen atoms in total. The van der Waals surface area contributed by atoms with Gasteiger partial charge in [0.2, 0.25) is 6.10 Å². The molecule has 0 aliphatic carbocycles. The number of pyridine rings is 1. The normalized spacial score (nSPS) is 19.1. The Kier molecular flexibility index (Phi) is 7.95. The highest BCUT2D eigenvalue weighted by Crippen LogP contribution is 2.42. The SMILES string of the molecule is Cc1nnc(SCC2=C(C(=O)O)N3C(=O)C(NC(=O)C(OC(=O)c4ccccn4)c4ccccc4)[C@@H]3SC2)s1. The number of aryl methyl sites for hydroxylation is 1. The van der Waals surface area contributed by atoms with Crippen LogP contribution in [0.1, 0.15) is 27.2 Å². The van der Waals surface area contributed by atoms with Crippen LogP contribution in [0.15, 0.2) is 70.3 Å². The van der Waals surface area contributed by atoms with Crippen molar-refractivity contribution >= 4 is 58.6 Å². The summed E-state index contributed by atoms with van der Waals surface area (Å²) in [6.45, 7) is 1.83. The fraction of sp³-hybridized carbons (Fsp3) is 0.240. The summed E-state index contributed by atoms with van der Waals surface area (Å²) < 4.78 is 6.23. The first-order chi connectivity index (χ1) is 18.8. The molecule has 14 heteroatoms. The van der Waals surface area contributed by atoms with Crippen LogP contribution in [0.5, 0.6) is 0 Å². The van der Waals surface area contributed by atoms with Gasteiger partial charge in [-0.3, -0.25) is 14.5 Å². The van der Waals surface area contributed by atoms with Gasteiger partial charge in [0.15, 0.2) is 4.34 Å². The average molecular weight is 584 g/mol. The molecule has 2 unspecified atom stereocenters. The third-order valence-electron chi connectivity index (χ3n) is 5.86. The van der Waals surface area contributed by atoms with Gasteiger partial charge >= 0.3 is 11.9 Å². The van der Waals surface area contributed by atoms with Crippen LogP contribution < -0.4 is 5.32 Å². The number of aliphatic carboxylic acids is 1. The van der Waals surface area contributed by atoms with Crippen molar-refractivity contribution in [1.82, 2.24) is 25.4 Å². The first-order valence-electron chi connectivity index (χ1n) is 11.6. The molecule has 5 rings (SSSR count). The van der Waals surface area contributed by atoms with Crippen molar-refractivity contribution in [1.29, 1.82) is 0 Å². The number of hydrogen-bond acceptors (Lipinski definition) is 11. The Morgan fingerprint density at radius 1 is 1.18 bits per heavy atom. The van der Waals surface area contributed by atoms with E-state index in [9.17, 15) is 24.3 Å². The lowest BCUT2D eigenvalue weighted by Crippen LogP contribution is -2.71. The number of hydrogen-bond donors (Lipinski definition) is 2. The number of carbonyl (C=O) groups is 4. The van der Waals surface area contributed by atoms with Crippen molar-refractivity contribution in [2.45, 2.75) is 28.8 Å². The number of carbonyl (C=O) groups excluding carboxylic acids is 3. The number of aromatic nitrogens is 3. The van der Waals surface area contributed by atoms with Crippen molar-refractivity contribution in [2.24, 2.45) is 0 Å². The van der Waals surface area contributed by atoms with Gasteiger partial charge in [0, 0.05) is 23.3 Å². The van der Waals surface area contributed by atoms with E-state index in [0.717, 1.165) is 5.01 Å². The molecule has 1 saturated heterocycles. The summed E-state index contributed by atoms with van der Waals surface area (Å²) in [5.74, 6) is -2.54. The first-order valence-corrected chi connectivity index (χ1v) is 14.5. The molecule has 2 N–H and O–H groups in total. The zero-order chi connectivity index (χ0) is 27.5. The van der Waals surface area contributed by atoms with Crippen molar-refractivity contribution in [3.05, 3.63) is 82.3 Å². The molecule has 1 aromatic carbocycles. The molecular formula is C25H21N5O6S3. The molecule has 39 heavy (non-hydrogen) atoms. The van der Waals surface area contributed by atoms with Gasteiger partial charge in [0.1, 0.15) is 27.8 Å². The van der Waals surface area contributed by atoms with Gasteiger partial charge < -0.3 is 15.2 Å². The lowest BCUT2D eigenvalue weighted by atomic mass is 10.0. The highest BCUT2D eigenvalue weighted by Gasteiger charge is 2.54. The summed E-state index contributed by atoms with van der Waals surface area (Å²) in [6.07, 6.45) is 0.0960. The molecule has 0 radical (unpaired) electrons. The van der Waals surface area contributed by atoms with E-state index >= 15 is 0 Å². The average Bonchev–Trinajstić information content (AvgIpc) is 3.38. The molecule has 0 bridgehead atoms. The summed E-state index contributed by atoms with van der Waals surface area (Å²) in [4.78, 5) is 56.5.